The zero-order valence-corrected chi connectivity index (χ0v) is 13.0. The van der Waals surface area contributed by atoms with E-state index in [1.54, 1.807) is 0 Å². The molecule has 0 bridgehead atoms. The van der Waals surface area contributed by atoms with Gasteiger partial charge in [-0.3, -0.25) is 4.90 Å². The third-order valence-electron chi connectivity index (χ3n) is 4.80. The second kappa shape index (κ2) is 6.07. The van der Waals surface area contributed by atoms with Crippen molar-refractivity contribution in [3.05, 3.63) is 35.9 Å². The molecule has 2 aliphatic rings. The van der Waals surface area contributed by atoms with Crippen LogP contribution in [0, 0.1) is 0 Å². The van der Waals surface area contributed by atoms with Gasteiger partial charge in [-0.05, 0) is 43.8 Å². The summed E-state index contributed by atoms with van der Waals surface area (Å²) in [5.41, 5.74) is 1.37. The van der Waals surface area contributed by atoms with Crippen LogP contribution >= 0.6 is 0 Å². The first-order chi connectivity index (χ1) is 10.1. The van der Waals surface area contributed by atoms with Crippen molar-refractivity contribution in [3.63, 3.8) is 0 Å². The second-order valence-electron chi connectivity index (χ2n) is 6.29. The number of aliphatic hydroxyl groups is 1. The van der Waals surface area contributed by atoms with Crippen LogP contribution in [0.25, 0.3) is 0 Å². The molecule has 3 unspecified atom stereocenters. The minimum Gasteiger partial charge on any atom is -0.390 e. The highest BCUT2D eigenvalue weighted by Crippen LogP contribution is 2.30. The molecule has 2 saturated heterocycles. The van der Waals surface area contributed by atoms with Gasteiger partial charge in [0, 0.05) is 0 Å². The number of rotatable bonds is 2. The molecule has 116 valence electrons. The molecule has 1 aromatic carbocycles. The summed E-state index contributed by atoms with van der Waals surface area (Å²) in [6.45, 7) is 1.76. The number of aliphatic hydroxyl groups excluding tert-OH is 1. The third kappa shape index (κ3) is 3.47. The van der Waals surface area contributed by atoms with Gasteiger partial charge in [0.2, 0.25) is 0 Å². The van der Waals surface area contributed by atoms with Gasteiger partial charge in [0.05, 0.1) is 23.7 Å². The molecule has 2 heterocycles. The number of nitrogens with zero attached hydrogens (tertiary/aromatic N) is 1. The van der Waals surface area contributed by atoms with E-state index in [1.165, 1.54) is 5.56 Å². The van der Waals surface area contributed by atoms with Gasteiger partial charge in [-0.25, -0.2) is 8.42 Å². The summed E-state index contributed by atoms with van der Waals surface area (Å²) in [6.07, 6.45) is 2.51. The molecule has 0 saturated carbocycles. The molecule has 0 aromatic heterocycles. The maximum Gasteiger partial charge on any atom is 0.154 e. The molecule has 0 amide bonds. The molecule has 2 aliphatic heterocycles. The van der Waals surface area contributed by atoms with Gasteiger partial charge in [0.25, 0.3) is 0 Å². The fourth-order valence-electron chi connectivity index (χ4n) is 3.67. The Labute approximate surface area is 126 Å². The lowest BCUT2D eigenvalue weighted by Crippen LogP contribution is -2.43. The molecule has 0 spiro atoms. The van der Waals surface area contributed by atoms with E-state index in [1.807, 2.05) is 6.07 Å². The lowest BCUT2D eigenvalue weighted by Gasteiger charge is -2.28. The van der Waals surface area contributed by atoms with Crippen LogP contribution < -0.4 is 0 Å². The van der Waals surface area contributed by atoms with Crippen LogP contribution in [0.4, 0.5) is 0 Å². The Balaban J connectivity index is 1.66. The number of likely N-dealkylation sites (tertiary alicyclic amines) is 1. The lowest BCUT2D eigenvalue weighted by atomic mass is 9.92. The zero-order chi connectivity index (χ0) is 14.9. The normalized spacial score (nSPS) is 33.7. The highest BCUT2D eigenvalue weighted by Gasteiger charge is 2.40. The van der Waals surface area contributed by atoms with Gasteiger partial charge >= 0.3 is 0 Å². The van der Waals surface area contributed by atoms with Crippen molar-refractivity contribution in [3.8, 4) is 0 Å². The smallest absolute Gasteiger partial charge is 0.154 e. The Kier molecular flexibility index (Phi) is 4.33. The van der Waals surface area contributed by atoms with Crippen LogP contribution in [0.1, 0.15) is 30.7 Å². The van der Waals surface area contributed by atoms with Crippen molar-refractivity contribution in [2.75, 3.05) is 24.6 Å². The Morgan fingerprint density at radius 1 is 1.05 bits per heavy atom. The van der Waals surface area contributed by atoms with Gasteiger partial charge in [-0.2, -0.15) is 0 Å². The predicted molar refractivity (Wildman–Crippen MR) is 83.1 cm³/mol. The zero-order valence-electron chi connectivity index (χ0n) is 12.2. The number of hydrogen-bond acceptors (Lipinski definition) is 4. The van der Waals surface area contributed by atoms with Gasteiger partial charge in [-0.15, -0.1) is 0 Å². The van der Waals surface area contributed by atoms with Crippen molar-refractivity contribution in [2.45, 2.75) is 37.3 Å². The average molecular weight is 309 g/mol. The van der Waals surface area contributed by atoms with Gasteiger partial charge in [0.15, 0.2) is 9.84 Å². The third-order valence-corrected chi connectivity index (χ3v) is 6.50. The molecule has 4 nitrogen and oxygen atoms in total. The van der Waals surface area contributed by atoms with Crippen molar-refractivity contribution in [2.24, 2.45) is 0 Å². The quantitative estimate of drug-likeness (QED) is 0.897. The molecule has 5 heteroatoms. The van der Waals surface area contributed by atoms with Crippen LogP contribution in [-0.4, -0.2) is 55.2 Å². The Bertz CT molecular complexity index is 572. The van der Waals surface area contributed by atoms with Gasteiger partial charge in [0.1, 0.15) is 0 Å². The molecule has 1 aromatic rings. The van der Waals surface area contributed by atoms with Gasteiger partial charge < -0.3 is 5.11 Å². The predicted octanol–water partition coefficient (Wildman–Crippen LogP) is 1.41. The number of sulfone groups is 1. The summed E-state index contributed by atoms with van der Waals surface area (Å²) in [5, 5.41) is 10.0. The summed E-state index contributed by atoms with van der Waals surface area (Å²) in [6, 6.07) is 10.3. The molecular weight excluding hydrogens is 286 g/mol. The number of benzene rings is 1. The van der Waals surface area contributed by atoms with E-state index < -0.39 is 15.9 Å². The molecular formula is C16H23NO3S. The first-order valence-corrected chi connectivity index (χ1v) is 9.55. The summed E-state index contributed by atoms with van der Waals surface area (Å²) >= 11 is 0. The maximum atomic E-state index is 11.7. The minimum absolute atomic E-state index is 0.0731. The van der Waals surface area contributed by atoms with Crippen molar-refractivity contribution in [1.29, 1.82) is 0 Å². The summed E-state index contributed by atoms with van der Waals surface area (Å²) in [7, 11) is -3.06. The van der Waals surface area contributed by atoms with Crippen molar-refractivity contribution >= 4 is 9.84 Å². The molecule has 3 rings (SSSR count). The highest BCUT2D eigenvalue weighted by molar-refractivity contribution is 7.91. The first kappa shape index (κ1) is 15.0. The molecule has 0 aliphatic carbocycles. The summed E-state index contributed by atoms with van der Waals surface area (Å²) < 4.78 is 23.4. The standard InChI is InChI=1S/C16H23NO3S/c18-16-12-21(19,20)11-15(16)17-9-4-7-14(8-10-17)13-5-2-1-3-6-13/h1-3,5-6,14-16,18H,4,7-12H2. The van der Waals surface area contributed by atoms with E-state index in [4.69, 9.17) is 0 Å². The van der Waals surface area contributed by atoms with Crippen LogP contribution in [0.15, 0.2) is 30.3 Å². The van der Waals surface area contributed by atoms with Crippen LogP contribution in [-0.2, 0) is 9.84 Å². The summed E-state index contributed by atoms with van der Waals surface area (Å²) in [5.74, 6) is 0.590. The van der Waals surface area contributed by atoms with Crippen molar-refractivity contribution in [1.82, 2.24) is 4.90 Å². The SMILES string of the molecule is O=S1(=O)CC(O)C(N2CCCC(c3ccccc3)CC2)C1. The molecule has 3 atom stereocenters. The van der Waals surface area contributed by atoms with E-state index in [-0.39, 0.29) is 17.5 Å². The van der Waals surface area contributed by atoms with E-state index >= 15 is 0 Å². The largest absolute Gasteiger partial charge is 0.390 e. The minimum atomic E-state index is -3.06. The van der Waals surface area contributed by atoms with Crippen LogP contribution in [0.2, 0.25) is 0 Å². The number of hydrogen-bond donors (Lipinski definition) is 1. The second-order valence-corrected chi connectivity index (χ2v) is 8.44. The Morgan fingerprint density at radius 2 is 1.81 bits per heavy atom. The fraction of sp³-hybridized carbons (Fsp3) is 0.625. The Hall–Kier alpha value is -0.910. The summed E-state index contributed by atoms with van der Waals surface area (Å²) in [4.78, 5) is 2.19. The first-order valence-electron chi connectivity index (χ1n) is 7.73. The van der Waals surface area contributed by atoms with Crippen LogP contribution in [0.3, 0.4) is 0 Å². The van der Waals surface area contributed by atoms with E-state index in [0.29, 0.717) is 5.92 Å². The van der Waals surface area contributed by atoms with E-state index in [9.17, 15) is 13.5 Å². The molecule has 2 fully saturated rings. The highest BCUT2D eigenvalue weighted by atomic mass is 32.2. The fourth-order valence-corrected chi connectivity index (χ4v) is 5.50. The van der Waals surface area contributed by atoms with Crippen LogP contribution in [0.5, 0.6) is 0 Å². The monoisotopic (exact) mass is 309 g/mol. The Morgan fingerprint density at radius 3 is 2.48 bits per heavy atom. The topological polar surface area (TPSA) is 57.6 Å². The van der Waals surface area contributed by atoms with E-state index in [0.717, 1.165) is 32.4 Å². The van der Waals surface area contributed by atoms with Gasteiger partial charge in [-0.1, -0.05) is 30.3 Å². The van der Waals surface area contributed by atoms with E-state index in [2.05, 4.69) is 29.2 Å². The molecule has 21 heavy (non-hydrogen) atoms. The van der Waals surface area contributed by atoms with Crippen molar-refractivity contribution < 1.29 is 13.5 Å². The maximum absolute atomic E-state index is 11.7. The molecule has 0 radical (unpaired) electrons. The lowest BCUT2D eigenvalue weighted by molar-refractivity contribution is 0.0852. The molecule has 1 N–H and O–H groups in total. The average Bonchev–Trinajstić information content (AvgIpc) is 2.66.